The highest BCUT2D eigenvalue weighted by atomic mass is 35.5. The molecule has 0 aromatic carbocycles. The Balaban J connectivity index is 0.00000192. The van der Waals surface area contributed by atoms with Crippen molar-refractivity contribution in [2.75, 3.05) is 59.1 Å². The number of nitrogens with zero attached hydrogens (tertiary/aromatic N) is 2. The lowest BCUT2D eigenvalue weighted by molar-refractivity contribution is -0.150. The second-order valence-corrected chi connectivity index (χ2v) is 6.12. The maximum absolute atomic E-state index is 12.6. The van der Waals surface area contributed by atoms with Gasteiger partial charge >= 0.3 is 0 Å². The second kappa shape index (κ2) is 8.82. The molecule has 3 heterocycles. The molecule has 0 spiro atoms. The number of likely N-dealkylation sites (tertiary alicyclic amines) is 1. The molecule has 7 nitrogen and oxygen atoms in total. The van der Waals surface area contributed by atoms with Gasteiger partial charge in [-0.3, -0.25) is 9.59 Å². The van der Waals surface area contributed by atoms with Crippen LogP contribution in [-0.2, 0) is 19.1 Å². The maximum atomic E-state index is 12.6. The van der Waals surface area contributed by atoms with Gasteiger partial charge in [0.2, 0.25) is 5.91 Å². The Bertz CT molecular complexity index is 376. The summed E-state index contributed by atoms with van der Waals surface area (Å²) in [6.07, 6.45) is 1.35. The molecule has 0 bridgehead atoms. The number of morpholine rings is 2. The van der Waals surface area contributed by atoms with E-state index < -0.39 is 6.10 Å². The van der Waals surface area contributed by atoms with Crippen LogP contribution in [0.3, 0.4) is 0 Å². The van der Waals surface area contributed by atoms with Crippen molar-refractivity contribution in [3.63, 3.8) is 0 Å². The highest BCUT2D eigenvalue weighted by molar-refractivity contribution is 5.85. The molecule has 3 saturated heterocycles. The quantitative estimate of drug-likeness (QED) is 0.729. The molecule has 1 N–H and O–H groups in total. The molecule has 23 heavy (non-hydrogen) atoms. The number of piperidine rings is 1. The molecule has 2 atom stereocenters. The van der Waals surface area contributed by atoms with Gasteiger partial charge in [-0.2, -0.15) is 0 Å². The minimum Gasteiger partial charge on any atom is -0.378 e. The Morgan fingerprint density at radius 3 is 2.48 bits per heavy atom. The van der Waals surface area contributed by atoms with Gasteiger partial charge in [-0.1, -0.05) is 0 Å². The van der Waals surface area contributed by atoms with Crippen LogP contribution in [0.1, 0.15) is 12.8 Å². The summed E-state index contributed by atoms with van der Waals surface area (Å²) >= 11 is 0. The SMILES string of the molecule is Cl.O=C(C1CCCN(C(=O)C2CNCCO2)C1)N1CCOCC1. The molecular weight excluding hydrogens is 322 g/mol. The van der Waals surface area contributed by atoms with E-state index in [2.05, 4.69) is 5.32 Å². The number of rotatable bonds is 2. The Labute approximate surface area is 143 Å². The normalized spacial score (nSPS) is 28.9. The molecule has 0 aliphatic carbocycles. The zero-order chi connectivity index (χ0) is 15.4. The van der Waals surface area contributed by atoms with E-state index in [0.717, 1.165) is 25.9 Å². The van der Waals surface area contributed by atoms with Crippen LogP contribution in [0.15, 0.2) is 0 Å². The van der Waals surface area contributed by atoms with Crippen LogP contribution in [0.4, 0.5) is 0 Å². The van der Waals surface area contributed by atoms with E-state index in [9.17, 15) is 9.59 Å². The van der Waals surface area contributed by atoms with Crippen molar-refractivity contribution in [2.24, 2.45) is 5.92 Å². The zero-order valence-electron chi connectivity index (χ0n) is 13.4. The number of hydrogen-bond acceptors (Lipinski definition) is 5. The van der Waals surface area contributed by atoms with E-state index in [-0.39, 0.29) is 30.1 Å². The third-order valence-electron chi connectivity index (χ3n) is 4.61. The lowest BCUT2D eigenvalue weighted by Gasteiger charge is -2.37. The summed E-state index contributed by atoms with van der Waals surface area (Å²) in [7, 11) is 0. The lowest BCUT2D eigenvalue weighted by atomic mass is 9.95. The Morgan fingerprint density at radius 1 is 1.00 bits per heavy atom. The Kier molecular flexibility index (Phi) is 7.08. The van der Waals surface area contributed by atoms with Crippen LogP contribution in [-0.4, -0.2) is 86.8 Å². The molecule has 3 fully saturated rings. The third-order valence-corrected chi connectivity index (χ3v) is 4.61. The van der Waals surface area contributed by atoms with Crippen LogP contribution >= 0.6 is 12.4 Å². The van der Waals surface area contributed by atoms with E-state index in [0.29, 0.717) is 46.0 Å². The van der Waals surface area contributed by atoms with Crippen molar-refractivity contribution in [2.45, 2.75) is 18.9 Å². The predicted octanol–water partition coefficient (Wildman–Crippen LogP) is -0.506. The predicted molar refractivity (Wildman–Crippen MR) is 86.6 cm³/mol. The Morgan fingerprint density at radius 2 is 1.78 bits per heavy atom. The van der Waals surface area contributed by atoms with Gasteiger partial charge in [-0.05, 0) is 12.8 Å². The fraction of sp³-hybridized carbons (Fsp3) is 0.867. The third kappa shape index (κ3) is 4.56. The van der Waals surface area contributed by atoms with Crippen molar-refractivity contribution in [1.29, 1.82) is 0 Å². The summed E-state index contributed by atoms with van der Waals surface area (Å²) in [5.74, 6) is 0.113. The highest BCUT2D eigenvalue weighted by Gasteiger charge is 2.34. The number of halogens is 1. The van der Waals surface area contributed by atoms with Crippen molar-refractivity contribution in [3.8, 4) is 0 Å². The van der Waals surface area contributed by atoms with Crippen molar-refractivity contribution in [3.05, 3.63) is 0 Å². The first-order valence-corrected chi connectivity index (χ1v) is 8.23. The highest BCUT2D eigenvalue weighted by Crippen LogP contribution is 2.20. The molecule has 3 rings (SSSR count). The van der Waals surface area contributed by atoms with Gasteiger partial charge in [0.25, 0.3) is 5.91 Å². The average molecular weight is 348 g/mol. The molecule has 132 valence electrons. The maximum Gasteiger partial charge on any atom is 0.253 e. The first kappa shape index (κ1) is 18.4. The monoisotopic (exact) mass is 347 g/mol. The summed E-state index contributed by atoms with van der Waals surface area (Å²) in [6, 6.07) is 0. The summed E-state index contributed by atoms with van der Waals surface area (Å²) in [4.78, 5) is 28.8. The number of nitrogens with one attached hydrogen (secondary N) is 1. The minimum absolute atomic E-state index is 0. The van der Waals surface area contributed by atoms with Crippen LogP contribution < -0.4 is 5.32 Å². The van der Waals surface area contributed by atoms with Crippen molar-refractivity contribution in [1.82, 2.24) is 15.1 Å². The molecule has 2 amide bonds. The molecule has 3 aliphatic heterocycles. The fourth-order valence-electron chi connectivity index (χ4n) is 3.35. The molecule has 0 aromatic heterocycles. The summed E-state index contributed by atoms with van der Waals surface area (Å²) in [6.45, 7) is 5.74. The second-order valence-electron chi connectivity index (χ2n) is 6.12. The fourth-order valence-corrected chi connectivity index (χ4v) is 3.35. The van der Waals surface area contributed by atoms with Gasteiger partial charge in [0.05, 0.1) is 25.7 Å². The number of hydrogen-bond donors (Lipinski definition) is 1. The molecule has 8 heteroatoms. The molecule has 0 aromatic rings. The van der Waals surface area contributed by atoms with Gasteiger partial charge in [-0.25, -0.2) is 0 Å². The number of ether oxygens (including phenoxy) is 2. The lowest BCUT2D eigenvalue weighted by Crippen LogP contribution is -2.54. The topological polar surface area (TPSA) is 71.1 Å². The van der Waals surface area contributed by atoms with Crippen LogP contribution in [0.25, 0.3) is 0 Å². The van der Waals surface area contributed by atoms with E-state index in [1.165, 1.54) is 0 Å². The smallest absolute Gasteiger partial charge is 0.253 e. The van der Waals surface area contributed by atoms with Gasteiger partial charge in [0.1, 0.15) is 6.10 Å². The van der Waals surface area contributed by atoms with Gasteiger partial charge in [0.15, 0.2) is 0 Å². The van der Waals surface area contributed by atoms with Gasteiger partial charge in [-0.15, -0.1) is 12.4 Å². The van der Waals surface area contributed by atoms with E-state index in [1.807, 2.05) is 9.80 Å². The van der Waals surface area contributed by atoms with Crippen LogP contribution in [0.5, 0.6) is 0 Å². The Hall–Kier alpha value is -0.890. The summed E-state index contributed by atoms with van der Waals surface area (Å²) in [5, 5.41) is 3.18. The van der Waals surface area contributed by atoms with Crippen LogP contribution in [0, 0.1) is 5.92 Å². The number of amides is 2. The molecule has 0 radical (unpaired) electrons. The molecule has 0 saturated carbocycles. The van der Waals surface area contributed by atoms with Gasteiger partial charge in [0, 0.05) is 39.3 Å². The standard InChI is InChI=1S/C15H25N3O4.ClH/c19-14(17-5-8-21-9-6-17)12-2-1-4-18(11-12)15(20)13-10-16-3-7-22-13;/h12-13,16H,1-11H2;1H. The first-order valence-electron chi connectivity index (χ1n) is 8.23. The van der Waals surface area contributed by atoms with Gasteiger partial charge < -0.3 is 24.6 Å². The van der Waals surface area contributed by atoms with Crippen LogP contribution in [0.2, 0.25) is 0 Å². The van der Waals surface area contributed by atoms with Crippen molar-refractivity contribution >= 4 is 24.2 Å². The van der Waals surface area contributed by atoms with E-state index in [4.69, 9.17) is 9.47 Å². The average Bonchev–Trinajstić information content (AvgIpc) is 2.62. The summed E-state index contributed by atoms with van der Waals surface area (Å²) in [5.41, 5.74) is 0. The zero-order valence-corrected chi connectivity index (χ0v) is 14.2. The first-order chi connectivity index (χ1) is 10.8. The largest absolute Gasteiger partial charge is 0.378 e. The number of carbonyl (C=O) groups is 2. The van der Waals surface area contributed by atoms with Crippen molar-refractivity contribution < 1.29 is 19.1 Å². The van der Waals surface area contributed by atoms with E-state index in [1.54, 1.807) is 0 Å². The van der Waals surface area contributed by atoms with E-state index >= 15 is 0 Å². The number of carbonyl (C=O) groups excluding carboxylic acids is 2. The molecule has 2 unspecified atom stereocenters. The molecule has 3 aliphatic rings. The minimum atomic E-state index is -0.397. The summed E-state index contributed by atoms with van der Waals surface area (Å²) < 4.78 is 10.8. The molecular formula is C15H26ClN3O4.